The molecule has 0 aliphatic rings. The van der Waals surface area contributed by atoms with E-state index < -0.39 is 0 Å². The van der Waals surface area contributed by atoms with Gasteiger partial charge < -0.3 is 9.32 Å². The number of carbonyl (C=O) groups is 1. The summed E-state index contributed by atoms with van der Waals surface area (Å²) in [6.45, 7) is 10.1. The van der Waals surface area contributed by atoms with Crippen LogP contribution in [-0.4, -0.2) is 32.0 Å². The number of amides is 1. The zero-order valence-corrected chi connectivity index (χ0v) is 14.5. The van der Waals surface area contributed by atoms with E-state index in [9.17, 15) is 4.79 Å². The van der Waals surface area contributed by atoms with Gasteiger partial charge in [-0.25, -0.2) is 4.98 Å². The number of hydrogen-bond donors (Lipinski definition) is 0. The second kappa shape index (κ2) is 7.00. The smallest absolute Gasteiger partial charge is 0.266 e. The fourth-order valence-electron chi connectivity index (χ4n) is 2.06. The first-order chi connectivity index (χ1) is 10.5. The Morgan fingerprint density at radius 1 is 1.23 bits per heavy atom. The fourth-order valence-corrected chi connectivity index (χ4v) is 3.02. The normalized spacial score (nSPS) is 11.2. The molecule has 1 amide bonds. The van der Waals surface area contributed by atoms with Crippen LogP contribution in [0.1, 0.15) is 59.8 Å². The lowest BCUT2D eigenvalue weighted by Crippen LogP contribution is -2.36. The molecule has 0 saturated heterocycles. The minimum atomic E-state index is -0.0269. The molecular formula is C15H22N4O2S. The number of carbonyl (C=O) groups excluding carboxylic acids is 1. The molecule has 2 aromatic rings. The average molecular weight is 322 g/mol. The van der Waals surface area contributed by atoms with Gasteiger partial charge in [-0.1, -0.05) is 13.8 Å². The first-order valence-electron chi connectivity index (χ1n) is 7.54. The molecule has 0 spiro atoms. The maximum atomic E-state index is 12.8. The topological polar surface area (TPSA) is 72.1 Å². The third-order valence-electron chi connectivity index (χ3n) is 3.34. The molecule has 0 unspecified atom stereocenters. The fraction of sp³-hybridized carbons (Fsp3) is 0.600. The number of aryl methyl sites for hydroxylation is 3. The predicted octanol–water partition coefficient (Wildman–Crippen LogP) is 3.01. The molecule has 2 rings (SSSR count). The highest BCUT2D eigenvalue weighted by Gasteiger charge is 2.25. The molecule has 0 bridgehead atoms. The van der Waals surface area contributed by atoms with Gasteiger partial charge in [0.05, 0.1) is 17.2 Å². The van der Waals surface area contributed by atoms with Gasteiger partial charge in [0.1, 0.15) is 4.88 Å². The van der Waals surface area contributed by atoms with Gasteiger partial charge >= 0.3 is 0 Å². The van der Waals surface area contributed by atoms with Gasteiger partial charge in [-0.15, -0.1) is 21.5 Å². The van der Waals surface area contributed by atoms with Crippen LogP contribution < -0.4 is 0 Å². The number of nitrogens with zero attached hydrogens (tertiary/aromatic N) is 4. The summed E-state index contributed by atoms with van der Waals surface area (Å²) in [7, 11) is 0. The zero-order valence-electron chi connectivity index (χ0n) is 13.7. The van der Waals surface area contributed by atoms with Crippen LogP contribution in [0.5, 0.6) is 0 Å². The van der Waals surface area contributed by atoms with Gasteiger partial charge in [0.15, 0.2) is 0 Å². The highest BCUT2D eigenvalue weighted by Crippen LogP contribution is 2.22. The molecule has 0 saturated carbocycles. The van der Waals surface area contributed by atoms with Gasteiger partial charge in [-0.3, -0.25) is 4.79 Å². The highest BCUT2D eigenvalue weighted by atomic mass is 32.1. The van der Waals surface area contributed by atoms with Crippen LogP contribution in [0, 0.1) is 6.92 Å². The molecule has 0 aliphatic heterocycles. The van der Waals surface area contributed by atoms with E-state index in [1.165, 1.54) is 11.3 Å². The Kier molecular flexibility index (Phi) is 5.28. The second-order valence-corrected chi connectivity index (χ2v) is 6.43. The molecule has 2 heterocycles. The van der Waals surface area contributed by atoms with Crippen LogP contribution in [0.2, 0.25) is 0 Å². The van der Waals surface area contributed by atoms with Gasteiger partial charge in [-0.05, 0) is 27.2 Å². The van der Waals surface area contributed by atoms with E-state index in [4.69, 9.17) is 4.42 Å². The molecule has 0 aromatic carbocycles. The van der Waals surface area contributed by atoms with E-state index >= 15 is 0 Å². The number of aromatic nitrogens is 3. The van der Waals surface area contributed by atoms with Crippen molar-refractivity contribution in [3.63, 3.8) is 0 Å². The zero-order chi connectivity index (χ0) is 16.3. The third-order valence-corrected chi connectivity index (χ3v) is 4.63. The van der Waals surface area contributed by atoms with E-state index in [1.807, 2.05) is 34.6 Å². The van der Waals surface area contributed by atoms with Gasteiger partial charge in [-0.2, -0.15) is 0 Å². The van der Waals surface area contributed by atoms with Crippen molar-refractivity contribution in [1.82, 2.24) is 20.1 Å². The number of thiazole rings is 1. The summed E-state index contributed by atoms with van der Waals surface area (Å²) in [5.41, 5.74) is 0.789. The summed E-state index contributed by atoms with van der Waals surface area (Å²) in [5, 5.41) is 8.94. The largest absolute Gasteiger partial charge is 0.423 e. The van der Waals surface area contributed by atoms with Crippen LogP contribution in [0.3, 0.4) is 0 Å². The Balaban J connectivity index is 2.22. The molecule has 0 fully saturated rings. The molecule has 22 heavy (non-hydrogen) atoms. The summed E-state index contributed by atoms with van der Waals surface area (Å²) in [6.07, 6.45) is 1.53. The van der Waals surface area contributed by atoms with Crippen molar-refractivity contribution < 1.29 is 9.21 Å². The van der Waals surface area contributed by atoms with Gasteiger partial charge in [0, 0.05) is 12.5 Å². The van der Waals surface area contributed by atoms with Crippen LogP contribution in [-0.2, 0) is 19.4 Å². The quantitative estimate of drug-likeness (QED) is 0.817. The molecule has 2 aromatic heterocycles. The summed E-state index contributed by atoms with van der Waals surface area (Å²) in [6, 6.07) is 0.0380. The molecule has 0 aliphatic carbocycles. The average Bonchev–Trinajstić information content (AvgIpc) is 3.09. The number of rotatable bonds is 6. The Hall–Kier alpha value is -1.76. The van der Waals surface area contributed by atoms with Crippen molar-refractivity contribution in [3.8, 4) is 0 Å². The molecule has 7 heteroatoms. The Morgan fingerprint density at radius 2 is 1.91 bits per heavy atom. The monoisotopic (exact) mass is 322 g/mol. The van der Waals surface area contributed by atoms with Crippen LogP contribution in [0.15, 0.2) is 4.42 Å². The standard InChI is InChI=1S/C15H22N4O2S/c1-6-11-17-18-12(21-11)8-19(9(3)4)15(20)14-10(5)16-13(7-2)22-14/h9H,6-8H2,1-5H3. The predicted molar refractivity (Wildman–Crippen MR) is 84.9 cm³/mol. The van der Waals surface area contributed by atoms with Crippen molar-refractivity contribution in [2.75, 3.05) is 0 Å². The third kappa shape index (κ3) is 3.52. The highest BCUT2D eigenvalue weighted by molar-refractivity contribution is 7.13. The molecule has 0 atom stereocenters. The van der Waals surface area contributed by atoms with Gasteiger partial charge in [0.25, 0.3) is 5.91 Å². The van der Waals surface area contributed by atoms with Crippen molar-refractivity contribution in [2.45, 2.75) is 60.0 Å². The number of hydrogen-bond acceptors (Lipinski definition) is 6. The lowest BCUT2D eigenvalue weighted by Gasteiger charge is -2.24. The SMILES string of the molecule is CCc1nnc(CN(C(=O)c2sc(CC)nc2C)C(C)C)o1. The summed E-state index contributed by atoms with van der Waals surface area (Å²) < 4.78 is 5.53. The summed E-state index contributed by atoms with van der Waals surface area (Å²) >= 11 is 1.46. The van der Waals surface area contributed by atoms with E-state index in [0.717, 1.165) is 17.1 Å². The molecule has 0 radical (unpaired) electrons. The van der Waals surface area contributed by atoms with Crippen LogP contribution >= 0.6 is 11.3 Å². The van der Waals surface area contributed by atoms with E-state index in [1.54, 1.807) is 4.90 Å². The minimum absolute atomic E-state index is 0.0269. The molecule has 0 N–H and O–H groups in total. The van der Waals surface area contributed by atoms with Crippen LogP contribution in [0.4, 0.5) is 0 Å². The Labute approximate surface area is 134 Å². The molecule has 120 valence electrons. The summed E-state index contributed by atoms with van der Waals surface area (Å²) in [5.74, 6) is 1.03. The second-order valence-electron chi connectivity index (χ2n) is 5.35. The van der Waals surface area contributed by atoms with Crippen molar-refractivity contribution in [2.24, 2.45) is 0 Å². The molecule has 6 nitrogen and oxygen atoms in total. The van der Waals surface area contributed by atoms with Crippen molar-refractivity contribution in [3.05, 3.63) is 27.4 Å². The maximum Gasteiger partial charge on any atom is 0.266 e. The van der Waals surface area contributed by atoms with E-state index in [0.29, 0.717) is 29.6 Å². The molecular weight excluding hydrogens is 300 g/mol. The van der Waals surface area contributed by atoms with Crippen molar-refractivity contribution >= 4 is 17.2 Å². The van der Waals surface area contributed by atoms with E-state index in [2.05, 4.69) is 15.2 Å². The lowest BCUT2D eigenvalue weighted by molar-refractivity contribution is 0.0675. The Bertz CT molecular complexity index is 648. The summed E-state index contributed by atoms with van der Waals surface area (Å²) in [4.78, 5) is 19.7. The minimum Gasteiger partial charge on any atom is -0.423 e. The van der Waals surface area contributed by atoms with Crippen LogP contribution in [0.25, 0.3) is 0 Å². The van der Waals surface area contributed by atoms with E-state index in [-0.39, 0.29) is 11.9 Å². The van der Waals surface area contributed by atoms with Crippen molar-refractivity contribution in [1.29, 1.82) is 0 Å². The maximum absolute atomic E-state index is 12.8. The van der Waals surface area contributed by atoms with Gasteiger partial charge in [0.2, 0.25) is 11.8 Å². The lowest BCUT2D eigenvalue weighted by atomic mass is 10.2. The Morgan fingerprint density at radius 3 is 2.41 bits per heavy atom. The first kappa shape index (κ1) is 16.6. The first-order valence-corrected chi connectivity index (χ1v) is 8.36.